The van der Waals surface area contributed by atoms with Crippen LogP contribution >= 0.6 is 11.8 Å². The summed E-state index contributed by atoms with van der Waals surface area (Å²) < 4.78 is 15.6. The molecular formula is C14H29NO4S. The summed E-state index contributed by atoms with van der Waals surface area (Å²) in [6.07, 6.45) is 5.60. The zero-order chi connectivity index (χ0) is 14.9. The van der Waals surface area contributed by atoms with Gasteiger partial charge in [0.2, 0.25) is 5.91 Å². The van der Waals surface area contributed by atoms with Crippen molar-refractivity contribution in [3.8, 4) is 0 Å². The maximum atomic E-state index is 11.5. The minimum atomic E-state index is 0.0556. The molecular weight excluding hydrogens is 278 g/mol. The van der Waals surface area contributed by atoms with Crippen LogP contribution in [0, 0.1) is 0 Å². The number of rotatable bonds is 15. The predicted molar refractivity (Wildman–Crippen MR) is 83.4 cm³/mol. The molecule has 0 saturated heterocycles. The van der Waals surface area contributed by atoms with E-state index >= 15 is 0 Å². The number of thioether (sulfide) groups is 1. The van der Waals surface area contributed by atoms with E-state index in [1.165, 1.54) is 0 Å². The number of carbonyl (C=O) groups excluding carboxylic acids is 1. The highest BCUT2D eigenvalue weighted by Crippen LogP contribution is 1.94. The number of nitrogens with one attached hydrogen (secondary N) is 1. The Morgan fingerprint density at radius 2 is 1.75 bits per heavy atom. The van der Waals surface area contributed by atoms with Crippen molar-refractivity contribution in [1.82, 2.24) is 5.32 Å². The molecule has 0 rings (SSSR count). The van der Waals surface area contributed by atoms with Gasteiger partial charge in [-0.15, -0.1) is 0 Å². The molecule has 1 amide bonds. The molecule has 0 aliphatic rings. The van der Waals surface area contributed by atoms with Crippen LogP contribution in [0.4, 0.5) is 0 Å². The predicted octanol–water partition coefficient (Wildman–Crippen LogP) is 1.71. The summed E-state index contributed by atoms with van der Waals surface area (Å²) in [4.78, 5) is 11.5. The van der Waals surface area contributed by atoms with Crippen molar-refractivity contribution in [1.29, 1.82) is 0 Å². The maximum Gasteiger partial charge on any atom is 0.222 e. The van der Waals surface area contributed by atoms with E-state index in [9.17, 15) is 4.79 Å². The Kier molecular flexibility index (Phi) is 16.5. The highest BCUT2D eigenvalue weighted by atomic mass is 32.2. The van der Waals surface area contributed by atoms with E-state index in [1.807, 2.05) is 0 Å². The zero-order valence-corrected chi connectivity index (χ0v) is 13.6. The summed E-state index contributed by atoms with van der Waals surface area (Å²) >= 11 is 1.76. The van der Waals surface area contributed by atoms with Crippen molar-refractivity contribution >= 4 is 17.7 Å². The summed E-state index contributed by atoms with van der Waals surface area (Å²) in [6.45, 7) is 3.90. The normalized spacial score (nSPS) is 10.7. The summed E-state index contributed by atoms with van der Waals surface area (Å²) in [5.41, 5.74) is 0. The van der Waals surface area contributed by atoms with Crippen LogP contribution in [0.25, 0.3) is 0 Å². The van der Waals surface area contributed by atoms with Crippen LogP contribution in [0.5, 0.6) is 0 Å². The Labute approximate surface area is 127 Å². The molecule has 0 bridgehead atoms. The standard InChI is InChI=1S/C14H29NO4S/c1-17-8-5-3-4-7-15-14(16)6-9-18-10-11-19-12-13-20-2/h3-13H2,1-2H3,(H,15,16). The maximum absolute atomic E-state index is 11.5. The molecule has 5 nitrogen and oxygen atoms in total. The first kappa shape index (κ1) is 19.7. The van der Waals surface area contributed by atoms with Crippen LogP contribution in [-0.2, 0) is 19.0 Å². The third-order valence-electron chi connectivity index (χ3n) is 2.62. The molecule has 0 aromatic rings. The number of hydrogen-bond acceptors (Lipinski definition) is 5. The number of hydrogen-bond donors (Lipinski definition) is 1. The monoisotopic (exact) mass is 307 g/mol. The number of carbonyl (C=O) groups is 1. The molecule has 120 valence electrons. The lowest BCUT2D eigenvalue weighted by molar-refractivity contribution is -0.122. The number of methoxy groups -OCH3 is 1. The molecule has 0 aromatic carbocycles. The summed E-state index contributed by atoms with van der Waals surface area (Å²) in [5.74, 6) is 1.06. The van der Waals surface area contributed by atoms with Crippen LogP contribution in [0.15, 0.2) is 0 Å². The van der Waals surface area contributed by atoms with Crippen LogP contribution in [0.1, 0.15) is 25.7 Å². The van der Waals surface area contributed by atoms with E-state index in [2.05, 4.69) is 11.6 Å². The molecule has 0 heterocycles. The molecule has 0 fully saturated rings. The second-order valence-corrected chi connectivity index (χ2v) is 5.36. The van der Waals surface area contributed by atoms with Gasteiger partial charge in [-0.1, -0.05) is 0 Å². The van der Waals surface area contributed by atoms with Gasteiger partial charge in [0.15, 0.2) is 0 Å². The van der Waals surface area contributed by atoms with Gasteiger partial charge in [0.25, 0.3) is 0 Å². The van der Waals surface area contributed by atoms with Gasteiger partial charge < -0.3 is 19.5 Å². The summed E-state index contributed by atoms with van der Waals surface area (Å²) in [5, 5.41) is 2.88. The Morgan fingerprint density at radius 3 is 2.45 bits per heavy atom. The van der Waals surface area contributed by atoms with Crippen LogP contribution in [-0.4, -0.2) is 64.6 Å². The summed E-state index contributed by atoms with van der Waals surface area (Å²) in [6, 6.07) is 0. The quantitative estimate of drug-likeness (QED) is 0.467. The van der Waals surface area contributed by atoms with Crippen molar-refractivity contribution in [3.63, 3.8) is 0 Å². The fourth-order valence-corrected chi connectivity index (χ4v) is 1.78. The van der Waals surface area contributed by atoms with Gasteiger partial charge >= 0.3 is 0 Å². The molecule has 0 aliphatic carbocycles. The van der Waals surface area contributed by atoms with Gasteiger partial charge in [0, 0.05) is 32.4 Å². The minimum absolute atomic E-state index is 0.0556. The van der Waals surface area contributed by atoms with Crippen molar-refractivity contribution in [2.24, 2.45) is 0 Å². The van der Waals surface area contributed by atoms with E-state index in [-0.39, 0.29) is 5.91 Å². The van der Waals surface area contributed by atoms with E-state index in [0.29, 0.717) is 26.2 Å². The van der Waals surface area contributed by atoms with E-state index < -0.39 is 0 Å². The first-order valence-corrected chi connectivity index (χ1v) is 8.60. The van der Waals surface area contributed by atoms with Gasteiger partial charge in [-0.25, -0.2) is 0 Å². The molecule has 6 heteroatoms. The fraction of sp³-hybridized carbons (Fsp3) is 0.929. The fourth-order valence-electron chi connectivity index (χ4n) is 1.49. The lowest BCUT2D eigenvalue weighted by Crippen LogP contribution is -2.25. The number of ether oxygens (including phenoxy) is 3. The SMILES string of the molecule is COCCCCCNC(=O)CCOCCOCCSC. The third-order valence-corrected chi connectivity index (χ3v) is 3.20. The van der Waals surface area contributed by atoms with E-state index in [4.69, 9.17) is 14.2 Å². The van der Waals surface area contributed by atoms with Gasteiger partial charge in [-0.2, -0.15) is 11.8 Å². The van der Waals surface area contributed by atoms with Crippen molar-refractivity contribution < 1.29 is 19.0 Å². The Bertz CT molecular complexity index is 217. The third kappa shape index (κ3) is 15.8. The largest absolute Gasteiger partial charge is 0.385 e. The summed E-state index contributed by atoms with van der Waals surface area (Å²) in [7, 11) is 1.70. The highest BCUT2D eigenvalue weighted by Gasteiger charge is 2.00. The molecule has 0 radical (unpaired) electrons. The van der Waals surface area contributed by atoms with Gasteiger partial charge in [0.05, 0.1) is 26.4 Å². The Morgan fingerprint density at radius 1 is 1.00 bits per heavy atom. The lowest BCUT2D eigenvalue weighted by Gasteiger charge is -2.06. The first-order chi connectivity index (χ1) is 9.81. The zero-order valence-electron chi connectivity index (χ0n) is 12.8. The van der Waals surface area contributed by atoms with Crippen LogP contribution in [0.3, 0.4) is 0 Å². The van der Waals surface area contributed by atoms with Crippen molar-refractivity contribution in [3.05, 3.63) is 0 Å². The van der Waals surface area contributed by atoms with E-state index in [1.54, 1.807) is 18.9 Å². The minimum Gasteiger partial charge on any atom is -0.385 e. The Hall–Kier alpha value is -0.300. The average Bonchev–Trinajstić information content (AvgIpc) is 2.45. The molecule has 0 aromatic heterocycles. The second kappa shape index (κ2) is 16.8. The average molecular weight is 307 g/mol. The molecule has 0 unspecified atom stereocenters. The lowest BCUT2D eigenvalue weighted by atomic mass is 10.2. The van der Waals surface area contributed by atoms with Crippen LogP contribution < -0.4 is 5.32 Å². The molecule has 0 atom stereocenters. The second-order valence-electron chi connectivity index (χ2n) is 4.37. The topological polar surface area (TPSA) is 56.8 Å². The smallest absolute Gasteiger partial charge is 0.222 e. The van der Waals surface area contributed by atoms with Gasteiger partial charge in [-0.3, -0.25) is 4.79 Å². The number of unbranched alkanes of at least 4 members (excludes halogenated alkanes) is 2. The molecule has 0 spiro atoms. The van der Waals surface area contributed by atoms with E-state index in [0.717, 1.165) is 44.8 Å². The molecule has 20 heavy (non-hydrogen) atoms. The molecule has 0 saturated carbocycles. The number of amides is 1. The van der Waals surface area contributed by atoms with Crippen molar-refractivity contribution in [2.45, 2.75) is 25.7 Å². The highest BCUT2D eigenvalue weighted by molar-refractivity contribution is 7.98. The Balaban J connectivity index is 3.12. The van der Waals surface area contributed by atoms with Crippen LogP contribution in [0.2, 0.25) is 0 Å². The van der Waals surface area contributed by atoms with Crippen molar-refractivity contribution in [2.75, 3.05) is 58.7 Å². The van der Waals surface area contributed by atoms with Gasteiger partial charge in [-0.05, 0) is 25.5 Å². The van der Waals surface area contributed by atoms with Gasteiger partial charge in [0.1, 0.15) is 0 Å². The first-order valence-electron chi connectivity index (χ1n) is 7.21. The molecule has 0 aliphatic heterocycles. The molecule has 1 N–H and O–H groups in total.